The Bertz CT molecular complexity index is 859. The molecule has 0 radical (unpaired) electrons. The number of carbonyl (C=O) groups is 3. The zero-order valence-corrected chi connectivity index (χ0v) is 15.9. The van der Waals surface area contributed by atoms with Gasteiger partial charge in [-0.15, -0.1) is 0 Å². The van der Waals surface area contributed by atoms with Gasteiger partial charge in [0.2, 0.25) is 11.8 Å². The van der Waals surface area contributed by atoms with Crippen molar-refractivity contribution in [1.29, 1.82) is 0 Å². The summed E-state index contributed by atoms with van der Waals surface area (Å²) in [6.07, 6.45) is 5.25. The number of nitrogens with two attached hydrogens (primary N) is 1. The SMILES string of the molecule is NC12CCC(CC1)N(Cc1ccc3c(c1)CN(C1CCC(=O)NC1=O)C3=O)C2. The van der Waals surface area contributed by atoms with Gasteiger partial charge in [-0.05, 0) is 49.3 Å². The normalized spacial score (nSPS) is 32.6. The van der Waals surface area contributed by atoms with E-state index >= 15 is 0 Å². The molecular weight excluding hydrogens is 356 g/mol. The number of amides is 3. The van der Waals surface area contributed by atoms with Gasteiger partial charge in [0.05, 0.1) is 0 Å². The van der Waals surface area contributed by atoms with E-state index in [1.165, 1.54) is 18.4 Å². The Balaban J connectivity index is 1.32. The first kappa shape index (κ1) is 17.8. The van der Waals surface area contributed by atoms with Gasteiger partial charge in [0.1, 0.15) is 6.04 Å². The number of carbonyl (C=O) groups excluding carboxylic acids is 3. The van der Waals surface area contributed by atoms with Gasteiger partial charge in [0, 0.05) is 43.2 Å². The van der Waals surface area contributed by atoms with E-state index in [2.05, 4.69) is 16.3 Å². The third-order valence-corrected chi connectivity index (χ3v) is 6.96. The first-order valence-electron chi connectivity index (χ1n) is 10.2. The van der Waals surface area contributed by atoms with Crippen molar-refractivity contribution in [2.45, 2.75) is 69.2 Å². The Morgan fingerprint density at radius 1 is 1.14 bits per heavy atom. The average molecular weight is 382 g/mol. The van der Waals surface area contributed by atoms with Crippen molar-refractivity contribution in [2.75, 3.05) is 6.54 Å². The van der Waals surface area contributed by atoms with E-state index in [1.54, 1.807) is 4.90 Å². The van der Waals surface area contributed by atoms with E-state index in [1.807, 2.05) is 12.1 Å². The van der Waals surface area contributed by atoms with Crippen LogP contribution in [0.25, 0.3) is 0 Å². The molecular formula is C21H26N4O3. The topological polar surface area (TPSA) is 95.7 Å². The zero-order chi connectivity index (χ0) is 19.5. The lowest BCUT2D eigenvalue weighted by Gasteiger charge is -2.51. The van der Waals surface area contributed by atoms with Crippen molar-refractivity contribution < 1.29 is 14.4 Å². The maximum absolute atomic E-state index is 12.8. The van der Waals surface area contributed by atoms with E-state index in [-0.39, 0.29) is 29.7 Å². The molecule has 1 aliphatic carbocycles. The van der Waals surface area contributed by atoms with Gasteiger partial charge < -0.3 is 10.6 Å². The maximum Gasteiger partial charge on any atom is 0.255 e. The fourth-order valence-electron chi connectivity index (χ4n) is 5.38. The summed E-state index contributed by atoms with van der Waals surface area (Å²) in [4.78, 5) is 40.5. The summed E-state index contributed by atoms with van der Waals surface area (Å²) in [5.74, 6) is -0.745. The number of imide groups is 1. The fraction of sp³-hybridized carbons (Fsp3) is 0.571. The largest absolute Gasteiger partial charge is 0.324 e. The molecule has 3 N–H and O–H groups in total. The van der Waals surface area contributed by atoms with Crippen LogP contribution in [0.15, 0.2) is 18.2 Å². The minimum atomic E-state index is -0.559. The summed E-state index contributed by atoms with van der Waals surface area (Å²) in [6, 6.07) is 6.07. The predicted molar refractivity (Wildman–Crippen MR) is 102 cm³/mol. The first-order valence-corrected chi connectivity index (χ1v) is 10.2. The number of piperidine rings is 3. The monoisotopic (exact) mass is 382 g/mol. The molecule has 4 heterocycles. The van der Waals surface area contributed by atoms with Crippen molar-refractivity contribution in [3.63, 3.8) is 0 Å². The number of hydrogen-bond donors (Lipinski definition) is 2. The Kier molecular flexibility index (Phi) is 4.07. The van der Waals surface area contributed by atoms with Gasteiger partial charge in [-0.3, -0.25) is 24.6 Å². The van der Waals surface area contributed by atoms with E-state index in [4.69, 9.17) is 5.73 Å². The van der Waals surface area contributed by atoms with Crippen LogP contribution in [0.1, 0.15) is 60.0 Å². The number of hydrogen-bond acceptors (Lipinski definition) is 5. The maximum atomic E-state index is 12.8. The minimum Gasteiger partial charge on any atom is -0.324 e. The van der Waals surface area contributed by atoms with Crippen molar-refractivity contribution in [3.05, 3.63) is 34.9 Å². The van der Waals surface area contributed by atoms with Crippen LogP contribution >= 0.6 is 0 Å². The number of benzene rings is 1. The molecule has 1 saturated carbocycles. The first-order chi connectivity index (χ1) is 13.4. The van der Waals surface area contributed by atoms with E-state index in [9.17, 15) is 14.4 Å². The second kappa shape index (κ2) is 6.39. The molecule has 3 amide bonds. The van der Waals surface area contributed by atoms with Crippen molar-refractivity contribution >= 4 is 17.7 Å². The molecule has 7 heteroatoms. The second-order valence-electron chi connectivity index (χ2n) is 8.89. The van der Waals surface area contributed by atoms with Crippen molar-refractivity contribution in [2.24, 2.45) is 5.73 Å². The molecule has 3 saturated heterocycles. The Morgan fingerprint density at radius 2 is 1.93 bits per heavy atom. The molecule has 28 heavy (non-hydrogen) atoms. The van der Waals surface area contributed by atoms with Gasteiger partial charge >= 0.3 is 0 Å². The quantitative estimate of drug-likeness (QED) is 0.758. The van der Waals surface area contributed by atoms with Crippen molar-refractivity contribution in [3.8, 4) is 0 Å². The van der Waals surface area contributed by atoms with Gasteiger partial charge in [-0.25, -0.2) is 0 Å². The predicted octanol–water partition coefficient (Wildman–Crippen LogP) is 0.903. The van der Waals surface area contributed by atoms with Crippen LogP contribution in [0.3, 0.4) is 0 Å². The van der Waals surface area contributed by atoms with Gasteiger partial charge in [0.25, 0.3) is 5.91 Å². The summed E-state index contributed by atoms with van der Waals surface area (Å²) in [7, 11) is 0. The van der Waals surface area contributed by atoms with Crippen molar-refractivity contribution in [1.82, 2.24) is 15.1 Å². The summed E-state index contributed by atoms with van der Waals surface area (Å²) >= 11 is 0. The summed E-state index contributed by atoms with van der Waals surface area (Å²) in [6.45, 7) is 2.22. The molecule has 6 rings (SSSR count). The molecule has 1 aromatic rings. The molecule has 5 aliphatic rings. The lowest BCUT2D eigenvalue weighted by molar-refractivity contribution is -0.136. The van der Waals surface area contributed by atoms with Crippen LogP contribution in [-0.2, 0) is 22.7 Å². The van der Waals surface area contributed by atoms with Gasteiger partial charge in [-0.1, -0.05) is 12.1 Å². The molecule has 0 spiro atoms. The van der Waals surface area contributed by atoms with Crippen LogP contribution in [0, 0.1) is 0 Å². The number of fused-ring (bicyclic) bond motifs is 4. The van der Waals surface area contributed by atoms with Crippen LogP contribution in [0.2, 0.25) is 0 Å². The Hall–Kier alpha value is -2.25. The highest BCUT2D eigenvalue weighted by Crippen LogP contribution is 2.37. The molecule has 4 aliphatic heterocycles. The Labute approximate surface area is 164 Å². The average Bonchev–Trinajstić information content (AvgIpc) is 2.98. The number of nitrogens with zero attached hydrogens (tertiary/aromatic N) is 2. The van der Waals surface area contributed by atoms with E-state index in [0.29, 0.717) is 24.6 Å². The molecule has 1 atom stereocenters. The highest BCUT2D eigenvalue weighted by molar-refractivity contribution is 6.05. The molecule has 0 aromatic heterocycles. The molecule has 1 unspecified atom stereocenters. The molecule has 1 aromatic carbocycles. The zero-order valence-electron chi connectivity index (χ0n) is 15.9. The minimum absolute atomic E-state index is 0.0377. The van der Waals surface area contributed by atoms with E-state index in [0.717, 1.165) is 31.5 Å². The van der Waals surface area contributed by atoms with Crippen LogP contribution in [-0.4, -0.2) is 51.7 Å². The molecule has 2 bridgehead atoms. The summed E-state index contributed by atoms with van der Waals surface area (Å²) in [5.41, 5.74) is 9.31. The third-order valence-electron chi connectivity index (χ3n) is 6.96. The van der Waals surface area contributed by atoms with Gasteiger partial charge in [-0.2, -0.15) is 0 Å². The van der Waals surface area contributed by atoms with Gasteiger partial charge in [0.15, 0.2) is 0 Å². The Morgan fingerprint density at radius 3 is 2.64 bits per heavy atom. The highest BCUT2D eigenvalue weighted by Gasteiger charge is 2.42. The number of rotatable bonds is 3. The molecule has 148 valence electrons. The smallest absolute Gasteiger partial charge is 0.255 e. The second-order valence-corrected chi connectivity index (χ2v) is 8.89. The van der Waals surface area contributed by atoms with Crippen LogP contribution in [0.5, 0.6) is 0 Å². The van der Waals surface area contributed by atoms with Crippen LogP contribution < -0.4 is 11.1 Å². The molecule has 7 nitrogen and oxygen atoms in total. The standard InChI is InChI=1S/C21H26N4O3/c22-21-7-5-15(6-8-21)24(12-21)10-13-1-2-16-14(9-13)11-25(20(16)28)17-3-4-18(26)23-19(17)27/h1-2,9,15,17H,3-8,10-12,22H2,(H,23,26,27). The number of nitrogens with one attached hydrogen (secondary N) is 1. The third kappa shape index (κ3) is 2.93. The lowest BCUT2D eigenvalue weighted by Crippen LogP contribution is -2.61. The lowest BCUT2D eigenvalue weighted by atomic mass is 9.74. The summed E-state index contributed by atoms with van der Waals surface area (Å²) < 4.78 is 0. The fourth-order valence-corrected chi connectivity index (χ4v) is 5.38. The summed E-state index contributed by atoms with van der Waals surface area (Å²) in [5, 5.41) is 2.35. The van der Waals surface area contributed by atoms with Crippen LogP contribution in [0.4, 0.5) is 0 Å². The highest BCUT2D eigenvalue weighted by atomic mass is 16.2. The molecule has 4 fully saturated rings. The van der Waals surface area contributed by atoms with E-state index < -0.39 is 6.04 Å².